The van der Waals surface area contributed by atoms with Crippen LogP contribution in [-0.2, 0) is 27.7 Å². The normalized spacial score (nSPS) is 20.4. The smallest absolute Gasteiger partial charge is 0.417 e. The van der Waals surface area contributed by atoms with Crippen LogP contribution < -0.4 is 0 Å². The van der Waals surface area contributed by atoms with E-state index in [-0.39, 0.29) is 40.2 Å². The molecule has 4 nitrogen and oxygen atoms in total. The first-order chi connectivity index (χ1) is 12.8. The third-order valence-corrected chi connectivity index (χ3v) is 5.06. The van der Waals surface area contributed by atoms with E-state index in [1.807, 2.05) is 0 Å². The van der Waals surface area contributed by atoms with Gasteiger partial charge in [0.2, 0.25) is 0 Å². The van der Waals surface area contributed by atoms with Gasteiger partial charge in [-0.2, -0.15) is 26.3 Å². The van der Waals surface area contributed by atoms with Crippen LogP contribution in [0.3, 0.4) is 0 Å². The topological polar surface area (TPSA) is 62.3 Å². The molecule has 1 aromatic carbocycles. The molecule has 3 rings (SSSR count). The number of rotatable bonds is 4. The number of hydrogen-bond donors (Lipinski definition) is 2. The Kier molecular flexibility index (Phi) is 5.08. The predicted octanol–water partition coefficient (Wildman–Crippen LogP) is 5.43. The Morgan fingerprint density at radius 3 is 2.50 bits per heavy atom. The van der Waals surface area contributed by atoms with E-state index in [1.165, 1.54) is 0 Å². The second-order valence-corrected chi connectivity index (χ2v) is 7.01. The predicted molar refractivity (Wildman–Crippen MR) is 87.2 cm³/mol. The Labute approximate surface area is 159 Å². The number of ether oxygens (including phenoxy) is 1. The van der Waals surface area contributed by atoms with Gasteiger partial charge >= 0.3 is 18.3 Å². The molecule has 2 aromatic rings. The Bertz CT molecular complexity index is 920. The van der Waals surface area contributed by atoms with Crippen LogP contribution in [0.25, 0.3) is 10.9 Å². The second kappa shape index (κ2) is 6.84. The minimum absolute atomic E-state index is 0.0217. The molecule has 2 heterocycles. The van der Waals surface area contributed by atoms with Gasteiger partial charge in [-0.3, -0.25) is 4.79 Å². The molecule has 0 amide bonds. The largest absolute Gasteiger partial charge is 0.481 e. The summed E-state index contributed by atoms with van der Waals surface area (Å²) >= 11 is 6.01. The van der Waals surface area contributed by atoms with E-state index in [1.54, 1.807) is 0 Å². The number of nitrogens with one attached hydrogen (secondary N) is 1. The molecule has 154 valence electrons. The van der Waals surface area contributed by atoms with Crippen molar-refractivity contribution in [1.82, 2.24) is 4.98 Å². The van der Waals surface area contributed by atoms with E-state index in [0.29, 0.717) is 0 Å². The van der Waals surface area contributed by atoms with Crippen molar-refractivity contribution in [3.63, 3.8) is 0 Å². The van der Waals surface area contributed by atoms with Crippen LogP contribution in [0.5, 0.6) is 0 Å². The fraction of sp³-hybridized carbons (Fsp3) is 0.471. The molecule has 0 radical (unpaired) electrons. The van der Waals surface area contributed by atoms with Crippen LogP contribution in [0.1, 0.15) is 36.1 Å². The minimum Gasteiger partial charge on any atom is -0.481 e. The highest BCUT2D eigenvalue weighted by molar-refractivity contribution is 6.35. The van der Waals surface area contributed by atoms with E-state index in [0.717, 1.165) is 12.1 Å². The molecule has 1 unspecified atom stereocenters. The number of hydrogen-bond acceptors (Lipinski definition) is 2. The van der Waals surface area contributed by atoms with E-state index < -0.39 is 48.7 Å². The zero-order valence-corrected chi connectivity index (χ0v) is 14.9. The molecule has 1 aliphatic heterocycles. The quantitative estimate of drug-likeness (QED) is 0.637. The average molecular weight is 430 g/mol. The summed E-state index contributed by atoms with van der Waals surface area (Å²) in [6.07, 6.45) is -12.3. The number of carboxylic acids is 1. The van der Waals surface area contributed by atoms with Gasteiger partial charge in [-0.1, -0.05) is 11.6 Å². The SMILES string of the molecule is O=C(O)CC1(CCC(F)(F)F)OCCc2c1[nH]c1c(Cl)ccc(C(F)(F)F)c21. The first-order valence-corrected chi connectivity index (χ1v) is 8.55. The van der Waals surface area contributed by atoms with Gasteiger partial charge in [0, 0.05) is 11.8 Å². The van der Waals surface area contributed by atoms with Crippen molar-refractivity contribution in [2.24, 2.45) is 0 Å². The first kappa shape index (κ1) is 20.8. The van der Waals surface area contributed by atoms with Gasteiger partial charge in [0.25, 0.3) is 0 Å². The molecule has 11 heteroatoms. The number of fused-ring (bicyclic) bond motifs is 3. The third kappa shape index (κ3) is 3.80. The zero-order valence-electron chi connectivity index (χ0n) is 14.1. The molecule has 0 bridgehead atoms. The van der Waals surface area contributed by atoms with Crippen LogP contribution in [0, 0.1) is 0 Å². The number of carboxylic acid groups (broad SMARTS) is 1. The molecule has 0 aliphatic carbocycles. The minimum atomic E-state index is -4.72. The van der Waals surface area contributed by atoms with Crippen molar-refractivity contribution in [1.29, 1.82) is 0 Å². The molecule has 28 heavy (non-hydrogen) atoms. The highest BCUT2D eigenvalue weighted by Gasteiger charge is 2.46. The maximum Gasteiger partial charge on any atom is 0.417 e. The lowest BCUT2D eigenvalue weighted by molar-refractivity contribution is -0.167. The van der Waals surface area contributed by atoms with Gasteiger partial charge in [0.15, 0.2) is 0 Å². The van der Waals surface area contributed by atoms with Gasteiger partial charge in [-0.05, 0) is 30.5 Å². The zero-order chi connectivity index (χ0) is 20.9. The number of aromatic amines is 1. The molecule has 0 saturated carbocycles. The summed E-state index contributed by atoms with van der Waals surface area (Å²) in [5.41, 5.74) is -3.04. The number of halogens is 7. The van der Waals surface area contributed by atoms with Crippen LogP contribution in [0.15, 0.2) is 12.1 Å². The molecular weight excluding hydrogens is 416 g/mol. The van der Waals surface area contributed by atoms with Gasteiger partial charge < -0.3 is 14.8 Å². The summed E-state index contributed by atoms with van der Waals surface area (Å²) in [4.78, 5) is 14.0. The summed E-state index contributed by atoms with van der Waals surface area (Å²) in [6.45, 7) is -0.213. The lowest BCUT2D eigenvalue weighted by atomic mass is 9.84. The summed E-state index contributed by atoms with van der Waals surface area (Å²) in [5.74, 6) is -1.43. The fourth-order valence-electron chi connectivity index (χ4n) is 3.65. The van der Waals surface area contributed by atoms with Crippen molar-refractivity contribution in [2.45, 2.75) is 43.6 Å². The summed E-state index contributed by atoms with van der Waals surface area (Å²) in [7, 11) is 0. The van der Waals surface area contributed by atoms with Crippen molar-refractivity contribution in [2.75, 3.05) is 6.61 Å². The third-order valence-electron chi connectivity index (χ3n) is 4.75. The second-order valence-electron chi connectivity index (χ2n) is 6.60. The monoisotopic (exact) mass is 429 g/mol. The van der Waals surface area contributed by atoms with Crippen LogP contribution in [0.4, 0.5) is 26.3 Å². The average Bonchev–Trinajstić information content (AvgIpc) is 2.93. The molecule has 0 saturated heterocycles. The number of aliphatic carboxylic acids is 1. The van der Waals surface area contributed by atoms with Gasteiger partial charge in [0.05, 0.1) is 34.8 Å². The lowest BCUT2D eigenvalue weighted by Crippen LogP contribution is -2.39. The van der Waals surface area contributed by atoms with Crippen LogP contribution >= 0.6 is 11.6 Å². The highest BCUT2D eigenvalue weighted by Crippen LogP contribution is 2.47. The Morgan fingerprint density at radius 1 is 1.25 bits per heavy atom. The van der Waals surface area contributed by atoms with E-state index in [2.05, 4.69) is 4.98 Å². The van der Waals surface area contributed by atoms with Crippen molar-refractivity contribution in [3.05, 3.63) is 34.0 Å². The van der Waals surface area contributed by atoms with Crippen molar-refractivity contribution in [3.8, 4) is 0 Å². The Hall–Kier alpha value is -1.94. The van der Waals surface area contributed by atoms with Gasteiger partial charge in [-0.15, -0.1) is 0 Å². The van der Waals surface area contributed by atoms with Crippen molar-refractivity contribution >= 4 is 28.5 Å². The summed E-state index contributed by atoms with van der Waals surface area (Å²) in [6, 6.07) is 1.83. The molecule has 0 fully saturated rings. The van der Waals surface area contributed by atoms with E-state index >= 15 is 0 Å². The van der Waals surface area contributed by atoms with E-state index in [9.17, 15) is 36.2 Å². The molecule has 1 aromatic heterocycles. The number of benzene rings is 1. The number of carbonyl (C=O) groups is 1. The first-order valence-electron chi connectivity index (χ1n) is 8.17. The van der Waals surface area contributed by atoms with Crippen molar-refractivity contribution < 1.29 is 41.0 Å². The standard InChI is InChI=1S/C17H14ClF6NO3/c18-10-2-1-9(17(22,23)24)12-8-3-6-28-15(7-11(26)27,4-5-16(19,20)21)14(8)25-13(10)12/h1-2,25H,3-7H2,(H,26,27). The Balaban J connectivity index is 2.25. The molecule has 0 spiro atoms. The van der Waals surface area contributed by atoms with Gasteiger partial charge in [0.1, 0.15) is 5.60 Å². The molecular formula is C17H14ClF6NO3. The number of H-pyrrole nitrogens is 1. The molecule has 1 aliphatic rings. The Morgan fingerprint density at radius 2 is 1.93 bits per heavy atom. The highest BCUT2D eigenvalue weighted by atomic mass is 35.5. The van der Waals surface area contributed by atoms with Gasteiger partial charge in [-0.25, -0.2) is 0 Å². The maximum absolute atomic E-state index is 13.5. The number of aromatic nitrogens is 1. The molecule has 1 atom stereocenters. The van der Waals surface area contributed by atoms with Crippen LogP contribution in [0.2, 0.25) is 5.02 Å². The molecule has 2 N–H and O–H groups in total. The lowest BCUT2D eigenvalue weighted by Gasteiger charge is -2.36. The number of alkyl halides is 6. The van der Waals surface area contributed by atoms with Crippen LogP contribution in [-0.4, -0.2) is 28.8 Å². The summed E-state index contributed by atoms with van der Waals surface area (Å²) in [5, 5.41) is 8.90. The maximum atomic E-state index is 13.5. The van der Waals surface area contributed by atoms with E-state index in [4.69, 9.17) is 16.3 Å². The fourth-order valence-corrected chi connectivity index (χ4v) is 3.85. The summed E-state index contributed by atoms with van der Waals surface area (Å²) < 4.78 is 84.3.